The Morgan fingerprint density at radius 2 is 1.55 bits per heavy atom. The molecule has 11 heavy (non-hydrogen) atoms. The summed E-state index contributed by atoms with van der Waals surface area (Å²) in [6.07, 6.45) is -0.725. The second-order valence-corrected chi connectivity index (χ2v) is 2.53. The molecule has 0 bridgehead atoms. The highest BCUT2D eigenvalue weighted by Gasteiger charge is 2.12. The van der Waals surface area contributed by atoms with Crippen molar-refractivity contribution >= 4 is 6.09 Å². The predicted octanol–water partition coefficient (Wildman–Crippen LogP) is 1.09. The molecule has 0 aromatic rings. The highest BCUT2D eigenvalue weighted by atomic mass is 16.6. The second kappa shape index (κ2) is 7.34. The molecule has 70 valence electrons. The van der Waals surface area contributed by atoms with Crippen molar-refractivity contribution in [2.24, 2.45) is 11.5 Å². The third-order valence-electron chi connectivity index (χ3n) is 0.407. The standard InChI is InChI=1S/C5H11NO2.CH5N.CH4/c1-5(2,3)8-4(6)7;1-2;/h1-3H3,(H2,6,7);2H2,1H3;1H4. The molecule has 0 unspecified atom stereocenters. The summed E-state index contributed by atoms with van der Waals surface area (Å²) in [7, 11) is 1.50. The van der Waals surface area contributed by atoms with Crippen molar-refractivity contribution in [3.8, 4) is 0 Å². The normalized spacial score (nSPS) is 8.45. The predicted molar refractivity (Wildman–Crippen MR) is 47.3 cm³/mol. The van der Waals surface area contributed by atoms with Crippen LogP contribution in [0.25, 0.3) is 0 Å². The number of hydrogen-bond acceptors (Lipinski definition) is 3. The van der Waals surface area contributed by atoms with Crippen LogP contribution in [0.5, 0.6) is 0 Å². The second-order valence-electron chi connectivity index (χ2n) is 2.53. The van der Waals surface area contributed by atoms with E-state index in [9.17, 15) is 4.79 Å². The lowest BCUT2D eigenvalue weighted by Gasteiger charge is -2.16. The Morgan fingerprint density at radius 1 is 1.27 bits per heavy atom. The van der Waals surface area contributed by atoms with Crippen LogP contribution in [0, 0.1) is 0 Å². The lowest BCUT2D eigenvalue weighted by molar-refractivity contribution is 0.0600. The van der Waals surface area contributed by atoms with Crippen LogP contribution in [0.15, 0.2) is 0 Å². The Bertz CT molecular complexity index is 97.1. The number of rotatable bonds is 0. The molecular formula is C7H20N2O2. The summed E-state index contributed by atoms with van der Waals surface area (Å²) in [5.74, 6) is 0. The molecule has 0 aliphatic heterocycles. The van der Waals surface area contributed by atoms with E-state index < -0.39 is 11.7 Å². The van der Waals surface area contributed by atoms with Crippen molar-refractivity contribution in [3.63, 3.8) is 0 Å². The van der Waals surface area contributed by atoms with Crippen molar-refractivity contribution in [1.82, 2.24) is 0 Å². The molecule has 0 fully saturated rings. The minimum absolute atomic E-state index is 0. The van der Waals surface area contributed by atoms with Crippen molar-refractivity contribution < 1.29 is 9.53 Å². The van der Waals surface area contributed by atoms with E-state index in [4.69, 9.17) is 5.73 Å². The number of amides is 1. The van der Waals surface area contributed by atoms with Gasteiger partial charge in [0.1, 0.15) is 5.60 Å². The summed E-state index contributed by atoms with van der Waals surface area (Å²) in [6.45, 7) is 5.28. The van der Waals surface area contributed by atoms with Gasteiger partial charge < -0.3 is 16.2 Å². The van der Waals surface area contributed by atoms with Crippen molar-refractivity contribution in [3.05, 3.63) is 0 Å². The number of hydrogen-bond donors (Lipinski definition) is 2. The van der Waals surface area contributed by atoms with E-state index >= 15 is 0 Å². The smallest absolute Gasteiger partial charge is 0.405 e. The molecule has 0 atom stereocenters. The van der Waals surface area contributed by atoms with Crippen molar-refractivity contribution in [2.75, 3.05) is 7.05 Å². The molecule has 0 spiro atoms. The number of carbonyl (C=O) groups excluding carboxylic acids is 1. The first kappa shape index (κ1) is 16.7. The monoisotopic (exact) mass is 164 g/mol. The lowest BCUT2D eigenvalue weighted by Crippen LogP contribution is -2.27. The summed E-state index contributed by atoms with van der Waals surface area (Å²) in [5.41, 5.74) is 8.76. The fraction of sp³-hybridized carbons (Fsp3) is 0.857. The first-order valence-electron chi connectivity index (χ1n) is 2.98. The number of carbonyl (C=O) groups is 1. The van der Waals surface area contributed by atoms with Crippen molar-refractivity contribution in [1.29, 1.82) is 0 Å². The van der Waals surface area contributed by atoms with Gasteiger partial charge in [0, 0.05) is 0 Å². The summed E-state index contributed by atoms with van der Waals surface area (Å²) >= 11 is 0. The first-order valence-corrected chi connectivity index (χ1v) is 2.98. The Labute approximate surface area is 68.9 Å². The van der Waals surface area contributed by atoms with E-state index in [1.165, 1.54) is 7.05 Å². The largest absolute Gasteiger partial charge is 0.444 e. The number of primary amides is 1. The van der Waals surface area contributed by atoms with Crippen LogP contribution in [0.3, 0.4) is 0 Å². The zero-order valence-electron chi connectivity index (χ0n) is 6.97. The third kappa shape index (κ3) is 27.0. The molecule has 0 radical (unpaired) electrons. The van der Waals surface area contributed by atoms with Gasteiger partial charge in [0.25, 0.3) is 0 Å². The molecule has 4 heteroatoms. The van der Waals surface area contributed by atoms with E-state index in [0.29, 0.717) is 0 Å². The van der Waals surface area contributed by atoms with Crippen LogP contribution in [-0.4, -0.2) is 18.7 Å². The van der Waals surface area contributed by atoms with Gasteiger partial charge in [-0.05, 0) is 27.8 Å². The SMILES string of the molecule is C.CC(C)(C)OC(N)=O.CN. The zero-order valence-corrected chi connectivity index (χ0v) is 6.97. The van der Waals surface area contributed by atoms with Crippen LogP contribution < -0.4 is 11.5 Å². The highest BCUT2D eigenvalue weighted by Crippen LogP contribution is 2.04. The molecule has 0 aromatic heterocycles. The molecule has 0 rings (SSSR count). The molecule has 0 saturated heterocycles. The van der Waals surface area contributed by atoms with Gasteiger partial charge in [0.2, 0.25) is 0 Å². The topological polar surface area (TPSA) is 78.3 Å². The van der Waals surface area contributed by atoms with Crippen LogP contribution in [0.1, 0.15) is 28.2 Å². The molecular weight excluding hydrogens is 144 g/mol. The minimum atomic E-state index is -0.725. The first-order chi connectivity index (χ1) is 4.42. The summed E-state index contributed by atoms with van der Waals surface area (Å²) in [6, 6.07) is 0. The van der Waals surface area contributed by atoms with E-state index in [-0.39, 0.29) is 7.43 Å². The average molecular weight is 164 g/mol. The van der Waals surface area contributed by atoms with Gasteiger partial charge in [-0.3, -0.25) is 0 Å². The van der Waals surface area contributed by atoms with Gasteiger partial charge in [-0.1, -0.05) is 7.43 Å². The molecule has 0 aromatic carbocycles. The zero-order chi connectivity index (χ0) is 8.78. The maximum atomic E-state index is 10.0. The minimum Gasteiger partial charge on any atom is -0.444 e. The molecule has 0 heterocycles. The van der Waals surface area contributed by atoms with Gasteiger partial charge >= 0.3 is 6.09 Å². The van der Waals surface area contributed by atoms with Gasteiger partial charge in [-0.15, -0.1) is 0 Å². The third-order valence-corrected chi connectivity index (χ3v) is 0.407. The quantitative estimate of drug-likeness (QED) is 0.562. The fourth-order valence-corrected chi connectivity index (χ4v) is 0.302. The van der Waals surface area contributed by atoms with Crippen LogP contribution in [0.4, 0.5) is 4.79 Å². The van der Waals surface area contributed by atoms with Crippen molar-refractivity contribution in [2.45, 2.75) is 33.8 Å². The van der Waals surface area contributed by atoms with Gasteiger partial charge in [0.15, 0.2) is 0 Å². The summed E-state index contributed by atoms with van der Waals surface area (Å²) in [5, 5.41) is 0. The Balaban J connectivity index is -0.000000196. The summed E-state index contributed by atoms with van der Waals surface area (Å²) in [4.78, 5) is 10.0. The summed E-state index contributed by atoms with van der Waals surface area (Å²) < 4.78 is 4.58. The Morgan fingerprint density at radius 3 is 1.55 bits per heavy atom. The molecule has 1 amide bonds. The molecule has 0 aliphatic carbocycles. The number of ether oxygens (including phenoxy) is 1. The van der Waals surface area contributed by atoms with Crippen LogP contribution >= 0.6 is 0 Å². The fourth-order valence-electron chi connectivity index (χ4n) is 0.302. The molecule has 0 saturated carbocycles. The molecule has 4 N–H and O–H groups in total. The number of nitrogens with two attached hydrogens (primary N) is 2. The maximum absolute atomic E-state index is 10.0. The van der Waals surface area contributed by atoms with Gasteiger partial charge in [0.05, 0.1) is 0 Å². The van der Waals surface area contributed by atoms with Crippen LogP contribution in [0.2, 0.25) is 0 Å². The van der Waals surface area contributed by atoms with Gasteiger partial charge in [-0.2, -0.15) is 0 Å². The molecule has 0 aliphatic rings. The average Bonchev–Trinajstić information content (AvgIpc) is 1.64. The Kier molecular flexibility index (Phi) is 11.1. The van der Waals surface area contributed by atoms with E-state index in [2.05, 4.69) is 10.5 Å². The lowest BCUT2D eigenvalue weighted by atomic mass is 10.2. The molecule has 4 nitrogen and oxygen atoms in total. The van der Waals surface area contributed by atoms with Gasteiger partial charge in [-0.25, -0.2) is 4.79 Å². The Hall–Kier alpha value is -0.770. The van der Waals surface area contributed by atoms with Crippen LogP contribution in [-0.2, 0) is 4.74 Å². The van der Waals surface area contributed by atoms with E-state index in [1.807, 2.05) is 0 Å². The maximum Gasteiger partial charge on any atom is 0.405 e. The van der Waals surface area contributed by atoms with E-state index in [1.54, 1.807) is 20.8 Å². The van der Waals surface area contributed by atoms with E-state index in [0.717, 1.165) is 0 Å². The highest BCUT2D eigenvalue weighted by molar-refractivity contribution is 5.65.